The van der Waals surface area contributed by atoms with Crippen LogP contribution in [0.1, 0.15) is 29.7 Å². The second-order valence-electron chi connectivity index (χ2n) is 5.42. The van der Waals surface area contributed by atoms with Gasteiger partial charge in [-0.25, -0.2) is 0 Å². The normalized spacial score (nSPS) is 15.1. The molecule has 0 radical (unpaired) electrons. The Morgan fingerprint density at radius 1 is 1.14 bits per heavy atom. The van der Waals surface area contributed by atoms with E-state index in [-0.39, 0.29) is 11.9 Å². The highest BCUT2D eigenvalue weighted by atomic mass is 16.2. The van der Waals surface area contributed by atoms with Crippen LogP contribution in [0, 0.1) is 0 Å². The molecule has 3 rings (SSSR count). The van der Waals surface area contributed by atoms with Gasteiger partial charge >= 0.3 is 0 Å². The minimum atomic E-state index is 0.168. The Morgan fingerprint density at radius 3 is 2.62 bits per heavy atom. The molecule has 1 atom stereocenters. The predicted molar refractivity (Wildman–Crippen MR) is 85.5 cm³/mol. The van der Waals surface area contributed by atoms with Crippen molar-refractivity contribution in [2.24, 2.45) is 0 Å². The van der Waals surface area contributed by atoms with Gasteiger partial charge < -0.3 is 10.2 Å². The molecule has 0 fully saturated rings. The first-order valence-electron chi connectivity index (χ1n) is 7.38. The number of carbonyl (C=O) groups is 1. The van der Waals surface area contributed by atoms with Crippen molar-refractivity contribution in [2.45, 2.75) is 19.4 Å². The maximum Gasteiger partial charge on any atom is 0.231 e. The molecule has 0 aliphatic carbocycles. The number of nitrogens with zero attached hydrogens (tertiary/aromatic N) is 1. The maximum atomic E-state index is 11.8. The van der Waals surface area contributed by atoms with Crippen molar-refractivity contribution in [1.82, 2.24) is 5.32 Å². The second kappa shape index (κ2) is 5.70. The molecule has 1 heterocycles. The first-order chi connectivity index (χ1) is 10.2. The molecule has 0 aromatic heterocycles. The number of hydrogen-bond donors (Lipinski definition) is 1. The highest BCUT2D eigenvalue weighted by molar-refractivity contribution is 6.00. The molecule has 1 aliphatic rings. The van der Waals surface area contributed by atoms with E-state index >= 15 is 0 Å². The van der Waals surface area contributed by atoms with Crippen molar-refractivity contribution < 1.29 is 4.79 Å². The fraction of sp³-hybridized carbons (Fsp3) is 0.278. The number of likely N-dealkylation sites (N-methyl/N-ethyl adjacent to an activating group) is 1. The summed E-state index contributed by atoms with van der Waals surface area (Å²) in [7, 11) is 1.84. The van der Waals surface area contributed by atoms with Crippen LogP contribution >= 0.6 is 0 Å². The molecule has 0 saturated heterocycles. The lowest BCUT2D eigenvalue weighted by molar-refractivity contribution is -0.117. The number of anilines is 1. The van der Waals surface area contributed by atoms with Crippen LogP contribution < -0.4 is 10.2 Å². The molecule has 0 spiro atoms. The topological polar surface area (TPSA) is 32.3 Å². The van der Waals surface area contributed by atoms with Gasteiger partial charge in [0.1, 0.15) is 0 Å². The zero-order chi connectivity index (χ0) is 14.8. The number of fused-ring (bicyclic) bond motifs is 1. The molecule has 1 aliphatic heterocycles. The number of carbonyl (C=O) groups excluding carboxylic acids is 1. The van der Waals surface area contributed by atoms with E-state index in [9.17, 15) is 4.79 Å². The molecule has 108 valence electrons. The van der Waals surface area contributed by atoms with E-state index in [1.807, 2.05) is 13.1 Å². The monoisotopic (exact) mass is 280 g/mol. The Balaban J connectivity index is 1.98. The van der Waals surface area contributed by atoms with Gasteiger partial charge in [-0.05, 0) is 29.3 Å². The van der Waals surface area contributed by atoms with Crippen LogP contribution in [0.25, 0.3) is 0 Å². The Bertz CT molecular complexity index is 652. The average molecular weight is 280 g/mol. The van der Waals surface area contributed by atoms with Crippen LogP contribution in [0.15, 0.2) is 48.5 Å². The third-order valence-corrected chi connectivity index (χ3v) is 4.06. The Labute approximate surface area is 125 Å². The van der Waals surface area contributed by atoms with E-state index in [0.29, 0.717) is 6.42 Å². The summed E-state index contributed by atoms with van der Waals surface area (Å²) >= 11 is 0. The van der Waals surface area contributed by atoms with Crippen LogP contribution in [0.2, 0.25) is 0 Å². The standard InChI is InChI=1S/C18H20N2O/c1-3-19-18(13-7-5-4-6-8-13)14-9-10-16-15(11-14)12-17(21)20(16)2/h4-11,18-19H,3,12H2,1-2H3. The Kier molecular flexibility index (Phi) is 3.76. The Hall–Kier alpha value is -2.13. The molecular formula is C18H20N2O. The van der Waals surface area contributed by atoms with Crippen LogP contribution in [-0.4, -0.2) is 19.5 Å². The molecule has 1 unspecified atom stereocenters. The van der Waals surface area contributed by atoms with Gasteiger partial charge in [-0.1, -0.05) is 49.4 Å². The highest BCUT2D eigenvalue weighted by Gasteiger charge is 2.25. The van der Waals surface area contributed by atoms with Crippen LogP contribution in [0.4, 0.5) is 5.69 Å². The van der Waals surface area contributed by atoms with Crippen LogP contribution in [-0.2, 0) is 11.2 Å². The Morgan fingerprint density at radius 2 is 1.90 bits per heavy atom. The molecule has 3 heteroatoms. The minimum absolute atomic E-state index is 0.168. The van der Waals surface area contributed by atoms with Crippen molar-refractivity contribution in [2.75, 3.05) is 18.5 Å². The molecule has 0 saturated carbocycles. The third-order valence-electron chi connectivity index (χ3n) is 4.06. The van der Waals surface area contributed by atoms with Crippen LogP contribution in [0.3, 0.4) is 0 Å². The lowest BCUT2D eigenvalue weighted by Crippen LogP contribution is -2.22. The fourth-order valence-corrected chi connectivity index (χ4v) is 2.95. The highest BCUT2D eigenvalue weighted by Crippen LogP contribution is 2.31. The first kappa shape index (κ1) is 13.8. The van der Waals surface area contributed by atoms with E-state index in [1.165, 1.54) is 11.1 Å². The van der Waals surface area contributed by atoms with Gasteiger partial charge in [-0.3, -0.25) is 4.79 Å². The maximum absolute atomic E-state index is 11.8. The van der Waals surface area contributed by atoms with Gasteiger partial charge in [0, 0.05) is 12.7 Å². The van der Waals surface area contributed by atoms with E-state index in [2.05, 4.69) is 54.7 Å². The average Bonchev–Trinajstić information content (AvgIpc) is 2.80. The number of nitrogens with one attached hydrogen (secondary N) is 1. The van der Waals surface area contributed by atoms with Gasteiger partial charge in [0.25, 0.3) is 0 Å². The van der Waals surface area contributed by atoms with E-state index < -0.39 is 0 Å². The fourth-order valence-electron chi connectivity index (χ4n) is 2.95. The van der Waals surface area contributed by atoms with E-state index in [0.717, 1.165) is 17.8 Å². The summed E-state index contributed by atoms with van der Waals surface area (Å²) in [4.78, 5) is 13.6. The van der Waals surface area contributed by atoms with Gasteiger partial charge in [-0.2, -0.15) is 0 Å². The van der Waals surface area contributed by atoms with Crippen molar-refractivity contribution >= 4 is 11.6 Å². The smallest absolute Gasteiger partial charge is 0.231 e. The molecule has 2 aromatic rings. The molecule has 1 N–H and O–H groups in total. The first-order valence-corrected chi connectivity index (χ1v) is 7.38. The summed E-state index contributed by atoms with van der Waals surface area (Å²) in [6.45, 7) is 3.01. The zero-order valence-electron chi connectivity index (χ0n) is 12.5. The SMILES string of the molecule is CCNC(c1ccccc1)c1ccc2c(c1)CC(=O)N2C. The van der Waals surface area contributed by atoms with Gasteiger partial charge in [0.15, 0.2) is 0 Å². The minimum Gasteiger partial charge on any atom is -0.315 e. The predicted octanol–water partition coefficient (Wildman–Crippen LogP) is 2.90. The van der Waals surface area contributed by atoms with Crippen molar-refractivity contribution in [3.63, 3.8) is 0 Å². The second-order valence-corrected chi connectivity index (χ2v) is 5.42. The summed E-state index contributed by atoms with van der Waals surface area (Å²) in [5.41, 5.74) is 4.62. The summed E-state index contributed by atoms with van der Waals surface area (Å²) in [5.74, 6) is 0.168. The summed E-state index contributed by atoms with van der Waals surface area (Å²) in [5, 5.41) is 3.53. The van der Waals surface area contributed by atoms with Gasteiger partial charge in [-0.15, -0.1) is 0 Å². The molecule has 1 amide bonds. The zero-order valence-corrected chi connectivity index (χ0v) is 12.5. The third kappa shape index (κ3) is 2.57. The summed E-state index contributed by atoms with van der Waals surface area (Å²) in [6, 6.07) is 16.9. The van der Waals surface area contributed by atoms with Crippen molar-refractivity contribution in [3.05, 3.63) is 65.2 Å². The van der Waals surface area contributed by atoms with Gasteiger partial charge in [0.2, 0.25) is 5.91 Å². The summed E-state index contributed by atoms with van der Waals surface area (Å²) in [6.07, 6.45) is 0.507. The van der Waals surface area contributed by atoms with E-state index in [4.69, 9.17) is 0 Å². The lowest BCUT2D eigenvalue weighted by Gasteiger charge is -2.20. The van der Waals surface area contributed by atoms with Crippen LogP contribution in [0.5, 0.6) is 0 Å². The molecule has 2 aromatic carbocycles. The molecule has 0 bridgehead atoms. The van der Waals surface area contributed by atoms with Gasteiger partial charge in [0.05, 0.1) is 12.5 Å². The largest absolute Gasteiger partial charge is 0.315 e. The number of amides is 1. The van der Waals surface area contributed by atoms with Crippen molar-refractivity contribution in [3.8, 4) is 0 Å². The van der Waals surface area contributed by atoms with E-state index in [1.54, 1.807) is 4.90 Å². The molecule has 3 nitrogen and oxygen atoms in total. The number of benzene rings is 2. The quantitative estimate of drug-likeness (QED) is 0.934. The number of hydrogen-bond acceptors (Lipinski definition) is 2. The number of rotatable bonds is 4. The molecular weight excluding hydrogens is 260 g/mol. The van der Waals surface area contributed by atoms with Crippen molar-refractivity contribution in [1.29, 1.82) is 0 Å². The molecule has 21 heavy (non-hydrogen) atoms. The lowest BCUT2D eigenvalue weighted by atomic mass is 9.96. The summed E-state index contributed by atoms with van der Waals surface area (Å²) < 4.78 is 0.